The summed E-state index contributed by atoms with van der Waals surface area (Å²) < 4.78 is 4.83. The summed E-state index contributed by atoms with van der Waals surface area (Å²) in [6.45, 7) is 1.70. The number of hydrogen-bond acceptors (Lipinski definition) is 6. The Kier molecular flexibility index (Phi) is 7.22. The minimum absolute atomic E-state index is 0.0240. The third-order valence-electron chi connectivity index (χ3n) is 3.28. The van der Waals surface area contributed by atoms with Gasteiger partial charge in [0.05, 0.1) is 11.5 Å². The van der Waals surface area contributed by atoms with Gasteiger partial charge in [0.1, 0.15) is 11.8 Å². The van der Waals surface area contributed by atoms with E-state index in [0.717, 1.165) is 17.3 Å². The number of aliphatic carboxylic acids is 1. The van der Waals surface area contributed by atoms with Crippen LogP contribution in [0.2, 0.25) is 0 Å². The van der Waals surface area contributed by atoms with Crippen molar-refractivity contribution in [3.05, 3.63) is 47.7 Å². The number of nitrogens with one attached hydrogen (secondary N) is 2. The fraction of sp³-hybridized carbons (Fsp3) is 0.294. The van der Waals surface area contributed by atoms with E-state index in [1.54, 1.807) is 37.3 Å². The Morgan fingerprint density at radius 3 is 2.50 bits per heavy atom. The van der Waals surface area contributed by atoms with Gasteiger partial charge in [-0.2, -0.15) is 0 Å². The monoisotopic (exact) mass is 377 g/mol. The summed E-state index contributed by atoms with van der Waals surface area (Å²) in [5, 5.41) is 17.9. The molecule has 2 amide bonds. The summed E-state index contributed by atoms with van der Waals surface area (Å²) in [6, 6.07) is 9.61. The number of hydrogen-bond donors (Lipinski definition) is 3. The molecule has 26 heavy (non-hydrogen) atoms. The molecule has 0 aliphatic rings. The molecule has 0 saturated carbocycles. The minimum atomic E-state index is -1.11. The first-order valence-corrected chi connectivity index (χ1v) is 8.96. The van der Waals surface area contributed by atoms with Crippen LogP contribution in [0.5, 0.6) is 0 Å². The van der Waals surface area contributed by atoms with Crippen molar-refractivity contribution in [1.82, 2.24) is 10.5 Å². The van der Waals surface area contributed by atoms with E-state index in [1.165, 1.54) is 0 Å². The number of thioether (sulfide) groups is 1. The summed E-state index contributed by atoms with van der Waals surface area (Å²) in [5.74, 6) is -0.971. The molecule has 3 N–H and O–H groups in total. The lowest BCUT2D eigenvalue weighted by Gasteiger charge is -2.14. The number of carbonyl (C=O) groups is 3. The maximum absolute atomic E-state index is 11.9. The first-order chi connectivity index (χ1) is 12.4. The quantitative estimate of drug-likeness (QED) is 0.605. The van der Waals surface area contributed by atoms with E-state index in [9.17, 15) is 19.5 Å². The topological polar surface area (TPSA) is 122 Å². The number of carboxylic acid groups (broad SMARTS) is 1. The van der Waals surface area contributed by atoms with Crippen LogP contribution >= 0.6 is 11.8 Å². The number of carboxylic acids is 1. The Hall–Kier alpha value is -2.81. The van der Waals surface area contributed by atoms with Crippen LogP contribution in [0, 0.1) is 6.92 Å². The molecule has 2 aromatic rings. The molecular formula is C17H19N3O5S. The van der Waals surface area contributed by atoms with Gasteiger partial charge >= 0.3 is 5.97 Å². The molecule has 0 unspecified atom stereocenters. The Bertz CT molecular complexity index is 763. The number of benzene rings is 1. The van der Waals surface area contributed by atoms with E-state index in [4.69, 9.17) is 4.52 Å². The molecule has 1 aromatic carbocycles. The van der Waals surface area contributed by atoms with E-state index in [-0.39, 0.29) is 23.8 Å². The van der Waals surface area contributed by atoms with Gasteiger partial charge in [-0.1, -0.05) is 35.5 Å². The van der Waals surface area contributed by atoms with E-state index in [2.05, 4.69) is 15.8 Å². The van der Waals surface area contributed by atoms with Crippen molar-refractivity contribution in [3.63, 3.8) is 0 Å². The van der Waals surface area contributed by atoms with Crippen molar-refractivity contribution in [2.75, 3.05) is 16.8 Å². The number of amides is 2. The predicted molar refractivity (Wildman–Crippen MR) is 96.9 cm³/mol. The van der Waals surface area contributed by atoms with Gasteiger partial charge < -0.3 is 20.3 Å². The Morgan fingerprint density at radius 1 is 1.19 bits per heavy atom. The summed E-state index contributed by atoms with van der Waals surface area (Å²) in [5.41, 5.74) is 0.815. The molecule has 1 atom stereocenters. The predicted octanol–water partition coefficient (Wildman–Crippen LogP) is 1.47. The molecule has 0 spiro atoms. The zero-order valence-electron chi connectivity index (χ0n) is 14.1. The van der Waals surface area contributed by atoms with Gasteiger partial charge in [0, 0.05) is 12.5 Å². The van der Waals surface area contributed by atoms with Crippen LogP contribution in [-0.2, 0) is 20.8 Å². The van der Waals surface area contributed by atoms with Crippen molar-refractivity contribution in [3.8, 4) is 0 Å². The Labute approximate surface area is 154 Å². The highest BCUT2D eigenvalue weighted by atomic mass is 32.2. The highest BCUT2D eigenvalue weighted by Gasteiger charge is 2.20. The standard InChI is InChI=1S/C17H19N3O5S/c1-11-7-14(20-25-11)19-16(22)10-26-9-15(21)18-13(17(23)24)8-12-5-3-2-4-6-12/h2-7,13H,8-10H2,1H3,(H,18,21)(H,23,24)(H,19,20,22)/t13-/m0/s1. The third kappa shape index (κ3) is 6.60. The van der Waals surface area contributed by atoms with Crippen LogP contribution in [-0.4, -0.2) is 45.6 Å². The van der Waals surface area contributed by atoms with E-state index >= 15 is 0 Å². The maximum Gasteiger partial charge on any atom is 0.326 e. The lowest BCUT2D eigenvalue weighted by Crippen LogP contribution is -2.43. The average molecular weight is 377 g/mol. The molecule has 0 aliphatic heterocycles. The first-order valence-electron chi connectivity index (χ1n) is 7.81. The molecule has 0 radical (unpaired) electrons. The summed E-state index contributed by atoms with van der Waals surface area (Å²) in [7, 11) is 0. The molecule has 0 saturated heterocycles. The van der Waals surface area contributed by atoms with Gasteiger partial charge in [-0.05, 0) is 12.5 Å². The smallest absolute Gasteiger partial charge is 0.326 e. The summed E-state index contributed by atoms with van der Waals surface area (Å²) >= 11 is 1.08. The van der Waals surface area contributed by atoms with Crippen LogP contribution in [0.25, 0.3) is 0 Å². The van der Waals surface area contributed by atoms with E-state index in [1.807, 2.05) is 6.07 Å². The van der Waals surface area contributed by atoms with Gasteiger partial charge in [-0.15, -0.1) is 11.8 Å². The number of nitrogens with zero attached hydrogens (tertiary/aromatic N) is 1. The highest BCUT2D eigenvalue weighted by molar-refractivity contribution is 8.00. The average Bonchev–Trinajstić information content (AvgIpc) is 3.00. The summed E-state index contributed by atoms with van der Waals surface area (Å²) in [4.78, 5) is 35.0. The molecule has 138 valence electrons. The van der Waals surface area contributed by atoms with Crippen molar-refractivity contribution < 1.29 is 24.0 Å². The van der Waals surface area contributed by atoms with E-state index in [0.29, 0.717) is 11.6 Å². The van der Waals surface area contributed by atoms with Crippen molar-refractivity contribution in [2.45, 2.75) is 19.4 Å². The number of rotatable bonds is 9. The second-order valence-electron chi connectivity index (χ2n) is 5.51. The minimum Gasteiger partial charge on any atom is -0.480 e. The Morgan fingerprint density at radius 2 is 1.88 bits per heavy atom. The fourth-order valence-electron chi connectivity index (χ4n) is 2.13. The van der Waals surface area contributed by atoms with Crippen molar-refractivity contribution in [1.29, 1.82) is 0 Å². The first kappa shape index (κ1) is 19.5. The zero-order valence-corrected chi connectivity index (χ0v) is 14.9. The number of aryl methyl sites for hydroxylation is 1. The van der Waals surface area contributed by atoms with Crippen LogP contribution in [0.15, 0.2) is 40.9 Å². The second-order valence-corrected chi connectivity index (χ2v) is 6.50. The van der Waals surface area contributed by atoms with Crippen molar-refractivity contribution >= 4 is 35.4 Å². The lowest BCUT2D eigenvalue weighted by atomic mass is 10.1. The molecular weight excluding hydrogens is 358 g/mol. The van der Waals surface area contributed by atoms with Crippen LogP contribution in [0.4, 0.5) is 5.82 Å². The molecule has 0 bridgehead atoms. The second kappa shape index (κ2) is 9.62. The molecule has 8 nitrogen and oxygen atoms in total. The molecule has 0 aliphatic carbocycles. The van der Waals surface area contributed by atoms with Gasteiger partial charge in [0.25, 0.3) is 0 Å². The van der Waals surface area contributed by atoms with E-state index < -0.39 is 17.9 Å². The summed E-state index contributed by atoms with van der Waals surface area (Å²) in [6.07, 6.45) is 0.193. The number of aromatic nitrogens is 1. The fourth-order valence-corrected chi connectivity index (χ4v) is 2.75. The maximum atomic E-state index is 11.9. The zero-order chi connectivity index (χ0) is 18.9. The molecule has 1 heterocycles. The van der Waals surface area contributed by atoms with Gasteiger partial charge in [-0.25, -0.2) is 4.79 Å². The lowest BCUT2D eigenvalue weighted by molar-refractivity contribution is -0.141. The molecule has 1 aromatic heterocycles. The molecule has 9 heteroatoms. The largest absolute Gasteiger partial charge is 0.480 e. The normalized spacial score (nSPS) is 11.6. The third-order valence-corrected chi connectivity index (χ3v) is 4.21. The van der Waals surface area contributed by atoms with Crippen LogP contribution in [0.1, 0.15) is 11.3 Å². The Balaban J connectivity index is 1.73. The van der Waals surface area contributed by atoms with Gasteiger partial charge in [0.2, 0.25) is 11.8 Å². The molecule has 0 fully saturated rings. The van der Waals surface area contributed by atoms with Crippen LogP contribution in [0.3, 0.4) is 0 Å². The SMILES string of the molecule is Cc1cc(NC(=O)CSCC(=O)N[C@@H](Cc2ccccc2)C(=O)O)no1. The molecule has 2 rings (SSSR count). The van der Waals surface area contributed by atoms with Gasteiger partial charge in [0.15, 0.2) is 5.82 Å². The van der Waals surface area contributed by atoms with Crippen molar-refractivity contribution in [2.24, 2.45) is 0 Å². The highest BCUT2D eigenvalue weighted by Crippen LogP contribution is 2.09. The number of carbonyl (C=O) groups excluding carboxylic acids is 2. The number of anilines is 1. The van der Waals surface area contributed by atoms with Gasteiger partial charge in [-0.3, -0.25) is 9.59 Å². The van der Waals surface area contributed by atoms with Crippen LogP contribution < -0.4 is 10.6 Å².